The maximum Gasteiger partial charge on any atom is 0.408 e. The number of hydrogen-bond donors (Lipinski definition) is 3. The van der Waals surface area contributed by atoms with Crippen LogP contribution in [0.15, 0.2) is 24.3 Å². The summed E-state index contributed by atoms with van der Waals surface area (Å²) in [5.74, 6) is -0.333. The summed E-state index contributed by atoms with van der Waals surface area (Å²) in [6.45, 7) is 11.9. The molecule has 1 aliphatic rings. The molecule has 2 unspecified atom stereocenters. The van der Waals surface area contributed by atoms with Gasteiger partial charge in [-0.05, 0) is 70.1 Å². The fourth-order valence-electron chi connectivity index (χ4n) is 3.97. The van der Waals surface area contributed by atoms with E-state index in [2.05, 4.69) is 17.6 Å². The molecule has 35 heavy (non-hydrogen) atoms. The van der Waals surface area contributed by atoms with Gasteiger partial charge in [0.05, 0.1) is 0 Å². The van der Waals surface area contributed by atoms with Gasteiger partial charge in [0.2, 0.25) is 11.8 Å². The summed E-state index contributed by atoms with van der Waals surface area (Å²) in [4.78, 5) is 41.6. The third-order valence-corrected chi connectivity index (χ3v) is 5.71. The molecule has 0 aromatic heterocycles. The fourth-order valence-corrected chi connectivity index (χ4v) is 3.97. The van der Waals surface area contributed by atoms with Crippen LogP contribution in [0.3, 0.4) is 0 Å². The maximum atomic E-state index is 14.0. The molecule has 8 nitrogen and oxygen atoms in total. The maximum absolute atomic E-state index is 14.0. The van der Waals surface area contributed by atoms with Crippen molar-refractivity contribution in [2.75, 3.05) is 6.54 Å². The molecule has 196 valence electrons. The monoisotopic (exact) mass is 489 g/mol. The number of rotatable bonds is 12. The van der Waals surface area contributed by atoms with E-state index in [1.54, 1.807) is 37.8 Å². The molecule has 2 atom stereocenters. The van der Waals surface area contributed by atoms with Crippen molar-refractivity contribution in [2.24, 2.45) is 5.92 Å². The lowest BCUT2D eigenvalue weighted by molar-refractivity contribution is -0.143. The average molecular weight is 490 g/mol. The summed E-state index contributed by atoms with van der Waals surface area (Å²) >= 11 is 0. The molecule has 0 bridgehead atoms. The van der Waals surface area contributed by atoms with Crippen LogP contribution in [0.4, 0.5) is 4.79 Å². The first-order chi connectivity index (χ1) is 16.4. The van der Waals surface area contributed by atoms with Gasteiger partial charge in [0, 0.05) is 12.6 Å². The Morgan fingerprint density at radius 2 is 1.74 bits per heavy atom. The number of unbranched alkanes of at least 4 members (excludes halogenated alkanes) is 2. The smallest absolute Gasteiger partial charge is 0.408 e. The molecule has 2 rings (SSSR count). The minimum atomic E-state index is -0.854. The summed E-state index contributed by atoms with van der Waals surface area (Å²) < 4.78 is 5.41. The number of aromatic hydroxyl groups is 1. The number of amides is 3. The van der Waals surface area contributed by atoms with E-state index in [0.717, 1.165) is 32.1 Å². The highest BCUT2D eigenvalue weighted by molar-refractivity contribution is 5.92. The average Bonchev–Trinajstić information content (AvgIpc) is 3.58. The van der Waals surface area contributed by atoms with Crippen LogP contribution in [0.25, 0.3) is 0 Å². The van der Waals surface area contributed by atoms with Gasteiger partial charge >= 0.3 is 6.09 Å². The topological polar surface area (TPSA) is 108 Å². The number of nitrogens with zero attached hydrogens (tertiary/aromatic N) is 1. The van der Waals surface area contributed by atoms with E-state index in [9.17, 15) is 19.5 Å². The van der Waals surface area contributed by atoms with E-state index in [-0.39, 0.29) is 29.5 Å². The van der Waals surface area contributed by atoms with Crippen LogP contribution >= 0.6 is 0 Å². The SMILES string of the molecule is CCCCCNC(=O)C(c1ccc(O)cc1)N(C(=O)C(CC(C)C)NC(=O)OC(C)(C)C)C1CC1. The van der Waals surface area contributed by atoms with Gasteiger partial charge in [-0.3, -0.25) is 9.59 Å². The molecule has 0 aliphatic heterocycles. The van der Waals surface area contributed by atoms with Gasteiger partial charge in [0.1, 0.15) is 23.4 Å². The van der Waals surface area contributed by atoms with E-state index in [1.165, 1.54) is 12.1 Å². The summed E-state index contributed by atoms with van der Waals surface area (Å²) in [5, 5.41) is 15.5. The lowest BCUT2D eigenvalue weighted by Gasteiger charge is -2.35. The predicted molar refractivity (Wildman–Crippen MR) is 136 cm³/mol. The minimum absolute atomic E-state index is 0.0854. The fraction of sp³-hybridized carbons (Fsp3) is 0.667. The molecule has 0 radical (unpaired) electrons. The van der Waals surface area contributed by atoms with Crippen LogP contribution in [-0.4, -0.2) is 52.1 Å². The molecular formula is C27H43N3O5. The highest BCUT2D eigenvalue weighted by Gasteiger charge is 2.44. The second-order valence-electron chi connectivity index (χ2n) is 10.8. The highest BCUT2D eigenvalue weighted by atomic mass is 16.6. The third-order valence-electron chi connectivity index (χ3n) is 5.71. The molecule has 0 spiro atoms. The van der Waals surface area contributed by atoms with Gasteiger partial charge in [-0.1, -0.05) is 45.7 Å². The number of phenolic OH excluding ortho intramolecular Hbond substituents is 1. The van der Waals surface area contributed by atoms with E-state index in [0.29, 0.717) is 18.5 Å². The summed E-state index contributed by atoms with van der Waals surface area (Å²) in [6, 6.07) is 4.63. The van der Waals surface area contributed by atoms with Crippen molar-refractivity contribution >= 4 is 17.9 Å². The van der Waals surface area contributed by atoms with Crippen molar-refractivity contribution in [3.8, 4) is 5.75 Å². The molecule has 0 heterocycles. The Kier molecular flexibility index (Phi) is 10.4. The van der Waals surface area contributed by atoms with Gasteiger partial charge in [0.25, 0.3) is 0 Å². The standard InChI is InChI=1S/C27H43N3O5/c1-7-8-9-16-28-24(32)23(19-10-14-21(31)15-11-19)30(20-12-13-20)25(33)22(17-18(2)3)29-26(34)35-27(4,5)6/h10-11,14-15,18,20,22-23,31H,7-9,12-13,16-17H2,1-6H3,(H,28,32)(H,29,34). The Hall–Kier alpha value is -2.77. The molecule has 1 saturated carbocycles. The number of carbonyl (C=O) groups is 3. The zero-order valence-electron chi connectivity index (χ0n) is 22.1. The first-order valence-electron chi connectivity index (χ1n) is 12.8. The Morgan fingerprint density at radius 3 is 2.26 bits per heavy atom. The van der Waals surface area contributed by atoms with Crippen molar-refractivity contribution in [1.82, 2.24) is 15.5 Å². The molecule has 3 amide bonds. The zero-order valence-corrected chi connectivity index (χ0v) is 22.1. The van der Waals surface area contributed by atoms with Crippen molar-refractivity contribution in [1.29, 1.82) is 0 Å². The lowest BCUT2D eigenvalue weighted by Crippen LogP contribution is -2.54. The molecule has 1 fully saturated rings. The van der Waals surface area contributed by atoms with Crippen molar-refractivity contribution in [2.45, 2.75) is 104 Å². The van der Waals surface area contributed by atoms with Crippen LogP contribution < -0.4 is 10.6 Å². The van der Waals surface area contributed by atoms with E-state index in [4.69, 9.17) is 4.74 Å². The van der Waals surface area contributed by atoms with Gasteiger partial charge in [-0.15, -0.1) is 0 Å². The lowest BCUT2D eigenvalue weighted by atomic mass is 9.99. The second-order valence-corrected chi connectivity index (χ2v) is 10.8. The molecule has 1 aromatic rings. The number of phenols is 1. The highest BCUT2D eigenvalue weighted by Crippen LogP contribution is 2.36. The first-order valence-corrected chi connectivity index (χ1v) is 12.8. The van der Waals surface area contributed by atoms with Gasteiger partial charge < -0.3 is 25.4 Å². The van der Waals surface area contributed by atoms with E-state index in [1.807, 2.05) is 13.8 Å². The molecule has 3 N–H and O–H groups in total. The molecule has 0 saturated heterocycles. The predicted octanol–water partition coefficient (Wildman–Crippen LogP) is 4.67. The Bertz CT molecular complexity index is 843. The number of benzene rings is 1. The van der Waals surface area contributed by atoms with Crippen LogP contribution in [0.1, 0.15) is 91.7 Å². The molecule has 1 aliphatic carbocycles. The zero-order chi connectivity index (χ0) is 26.2. The van der Waals surface area contributed by atoms with Crippen LogP contribution in [0, 0.1) is 5.92 Å². The largest absolute Gasteiger partial charge is 0.508 e. The normalized spacial score (nSPS) is 15.3. The minimum Gasteiger partial charge on any atom is -0.508 e. The van der Waals surface area contributed by atoms with Crippen molar-refractivity contribution < 1.29 is 24.2 Å². The van der Waals surface area contributed by atoms with Crippen LogP contribution in [-0.2, 0) is 14.3 Å². The number of alkyl carbamates (subject to hydrolysis) is 1. The number of nitrogens with one attached hydrogen (secondary N) is 2. The van der Waals surface area contributed by atoms with Gasteiger partial charge in [-0.25, -0.2) is 4.79 Å². The van der Waals surface area contributed by atoms with E-state index >= 15 is 0 Å². The second kappa shape index (κ2) is 12.8. The van der Waals surface area contributed by atoms with Gasteiger partial charge in [-0.2, -0.15) is 0 Å². The summed E-state index contributed by atoms with van der Waals surface area (Å²) in [5.41, 5.74) is -0.0739. The van der Waals surface area contributed by atoms with Crippen molar-refractivity contribution in [3.63, 3.8) is 0 Å². The molecular weight excluding hydrogens is 446 g/mol. The Labute approximate surface area is 209 Å². The number of carbonyl (C=O) groups excluding carboxylic acids is 3. The first kappa shape index (κ1) is 28.5. The Morgan fingerprint density at radius 1 is 1.11 bits per heavy atom. The Balaban J connectivity index is 2.36. The number of hydrogen-bond acceptors (Lipinski definition) is 5. The molecule has 8 heteroatoms. The van der Waals surface area contributed by atoms with Gasteiger partial charge in [0.15, 0.2) is 0 Å². The number of ether oxygens (including phenoxy) is 1. The van der Waals surface area contributed by atoms with E-state index < -0.39 is 23.8 Å². The van der Waals surface area contributed by atoms with Crippen LogP contribution in [0.2, 0.25) is 0 Å². The summed E-state index contributed by atoms with van der Waals surface area (Å²) in [6.07, 6.45) is 4.26. The summed E-state index contributed by atoms with van der Waals surface area (Å²) in [7, 11) is 0. The van der Waals surface area contributed by atoms with Crippen molar-refractivity contribution in [3.05, 3.63) is 29.8 Å². The molecule has 1 aromatic carbocycles. The third kappa shape index (κ3) is 9.42. The quantitative estimate of drug-likeness (QED) is 0.370. The van der Waals surface area contributed by atoms with Crippen LogP contribution in [0.5, 0.6) is 5.75 Å².